The molecular formula is C19H19N3O4S2. The van der Waals surface area contributed by atoms with Gasteiger partial charge in [-0.15, -0.1) is 11.3 Å². The second-order valence-corrected chi connectivity index (χ2v) is 9.16. The number of hydrogen-bond acceptors (Lipinski definition) is 6. The molecule has 0 saturated carbocycles. The predicted molar refractivity (Wildman–Crippen MR) is 108 cm³/mol. The van der Waals surface area contributed by atoms with Crippen molar-refractivity contribution >= 4 is 38.6 Å². The Morgan fingerprint density at radius 3 is 2.82 bits per heavy atom. The van der Waals surface area contributed by atoms with E-state index < -0.39 is 15.9 Å². The minimum absolute atomic E-state index is 0.0672. The normalized spacial score (nSPS) is 14.0. The van der Waals surface area contributed by atoms with Crippen molar-refractivity contribution in [2.75, 3.05) is 23.8 Å². The van der Waals surface area contributed by atoms with Gasteiger partial charge in [-0.2, -0.15) is 0 Å². The van der Waals surface area contributed by atoms with Gasteiger partial charge in [-0.05, 0) is 54.7 Å². The molecule has 146 valence electrons. The van der Waals surface area contributed by atoms with E-state index in [1.807, 2.05) is 24.3 Å². The van der Waals surface area contributed by atoms with Crippen LogP contribution in [-0.4, -0.2) is 27.9 Å². The van der Waals surface area contributed by atoms with Crippen LogP contribution in [0.2, 0.25) is 0 Å². The summed E-state index contributed by atoms with van der Waals surface area (Å²) in [5.74, 6) is -0.569. The van der Waals surface area contributed by atoms with E-state index in [2.05, 4.69) is 26.4 Å². The average Bonchev–Trinajstić information content (AvgIpc) is 3.37. The van der Waals surface area contributed by atoms with E-state index in [0.717, 1.165) is 25.2 Å². The van der Waals surface area contributed by atoms with Gasteiger partial charge in [0.1, 0.15) is 0 Å². The lowest BCUT2D eigenvalue weighted by Gasteiger charge is -2.30. The Morgan fingerprint density at radius 1 is 1.18 bits per heavy atom. The van der Waals surface area contributed by atoms with Crippen LogP contribution in [0.25, 0.3) is 0 Å². The van der Waals surface area contributed by atoms with Gasteiger partial charge in [-0.25, -0.2) is 13.1 Å². The number of fused-ring (bicyclic) bond motifs is 1. The van der Waals surface area contributed by atoms with Gasteiger partial charge in [-0.1, -0.05) is 12.1 Å². The molecular weight excluding hydrogens is 398 g/mol. The molecule has 0 unspecified atom stereocenters. The minimum atomic E-state index is -3.74. The van der Waals surface area contributed by atoms with E-state index in [9.17, 15) is 13.2 Å². The number of carbonyl (C=O) groups excluding carboxylic acids is 1. The van der Waals surface area contributed by atoms with Gasteiger partial charge in [0.2, 0.25) is 5.09 Å². The van der Waals surface area contributed by atoms with Crippen LogP contribution in [0.15, 0.2) is 57.4 Å². The van der Waals surface area contributed by atoms with E-state index in [1.165, 1.54) is 29.6 Å². The Bertz CT molecular complexity index is 1120. The number of anilines is 2. The molecule has 0 fully saturated rings. The number of thiophene rings is 1. The average molecular weight is 418 g/mol. The number of nitrogens with one attached hydrogen (secondary N) is 2. The highest BCUT2D eigenvalue weighted by atomic mass is 32.2. The van der Waals surface area contributed by atoms with Crippen LogP contribution in [0.4, 0.5) is 11.4 Å². The first kappa shape index (κ1) is 18.7. The summed E-state index contributed by atoms with van der Waals surface area (Å²) in [6.07, 6.45) is 0.971. The number of sulfonamides is 1. The first-order chi connectivity index (χ1) is 13.5. The predicted octanol–water partition coefficient (Wildman–Crippen LogP) is 3.06. The molecule has 0 saturated heterocycles. The van der Waals surface area contributed by atoms with Crippen molar-refractivity contribution in [1.82, 2.24) is 4.72 Å². The minimum Gasteiger partial charge on any atom is -0.438 e. The zero-order chi connectivity index (χ0) is 19.7. The Labute approximate surface area is 167 Å². The summed E-state index contributed by atoms with van der Waals surface area (Å²) >= 11 is 1.78. The maximum absolute atomic E-state index is 12.6. The van der Waals surface area contributed by atoms with Crippen LogP contribution >= 0.6 is 11.3 Å². The summed E-state index contributed by atoms with van der Waals surface area (Å²) in [6.45, 7) is 1.66. The molecule has 0 bridgehead atoms. The fraction of sp³-hybridized carbons (Fsp3) is 0.211. The smallest absolute Gasteiger partial charge is 0.291 e. The number of nitrogens with zero attached hydrogens (tertiary/aromatic N) is 1. The van der Waals surface area contributed by atoms with Crippen molar-refractivity contribution in [2.45, 2.75) is 18.1 Å². The third kappa shape index (κ3) is 3.56. The highest BCUT2D eigenvalue weighted by Crippen LogP contribution is 2.32. The first-order valence-corrected chi connectivity index (χ1v) is 11.1. The van der Waals surface area contributed by atoms with E-state index in [-0.39, 0.29) is 10.9 Å². The van der Waals surface area contributed by atoms with Crippen LogP contribution in [0.5, 0.6) is 0 Å². The quantitative estimate of drug-likeness (QED) is 0.666. The first-order valence-electron chi connectivity index (χ1n) is 8.72. The Hall–Kier alpha value is -2.62. The van der Waals surface area contributed by atoms with Gasteiger partial charge in [0, 0.05) is 18.0 Å². The van der Waals surface area contributed by atoms with E-state index in [0.29, 0.717) is 5.69 Å². The van der Waals surface area contributed by atoms with Crippen molar-refractivity contribution < 1.29 is 17.6 Å². The second kappa shape index (κ2) is 7.42. The molecule has 1 aromatic carbocycles. The highest BCUT2D eigenvalue weighted by Gasteiger charge is 2.22. The van der Waals surface area contributed by atoms with Gasteiger partial charge in [0.05, 0.1) is 11.4 Å². The molecule has 2 N–H and O–H groups in total. The standard InChI is InChI=1S/C19H19N3O4S2/c1-20-28(24,25)18-7-6-16(26-18)19(23)21-14-4-2-3-5-15(14)22-10-8-17-13(12-22)9-11-27-17/h2-7,9,11,20H,8,10,12H2,1H3,(H,21,23). The Morgan fingerprint density at radius 2 is 2.00 bits per heavy atom. The maximum Gasteiger partial charge on any atom is 0.291 e. The number of benzene rings is 1. The molecule has 1 aliphatic heterocycles. The van der Waals surface area contributed by atoms with Crippen molar-refractivity contribution in [3.63, 3.8) is 0 Å². The van der Waals surface area contributed by atoms with Gasteiger partial charge >= 0.3 is 0 Å². The molecule has 28 heavy (non-hydrogen) atoms. The summed E-state index contributed by atoms with van der Waals surface area (Å²) in [6, 6.07) is 12.3. The Kier molecular flexibility index (Phi) is 4.96. The van der Waals surface area contributed by atoms with E-state index >= 15 is 0 Å². The van der Waals surface area contributed by atoms with E-state index in [4.69, 9.17) is 4.42 Å². The summed E-state index contributed by atoms with van der Waals surface area (Å²) in [4.78, 5) is 16.2. The maximum atomic E-state index is 12.6. The Balaban J connectivity index is 1.56. The van der Waals surface area contributed by atoms with Crippen molar-refractivity contribution in [3.05, 3.63) is 64.0 Å². The largest absolute Gasteiger partial charge is 0.438 e. The molecule has 3 aromatic rings. The lowest BCUT2D eigenvalue weighted by Crippen LogP contribution is -2.30. The molecule has 0 atom stereocenters. The van der Waals surface area contributed by atoms with E-state index in [1.54, 1.807) is 11.3 Å². The van der Waals surface area contributed by atoms with Gasteiger partial charge in [0.15, 0.2) is 5.76 Å². The SMILES string of the molecule is CNS(=O)(=O)c1ccc(C(=O)Nc2ccccc2N2CCc3sccc3C2)o1. The summed E-state index contributed by atoms with van der Waals surface area (Å²) < 4.78 is 31.0. The highest BCUT2D eigenvalue weighted by molar-refractivity contribution is 7.89. The monoisotopic (exact) mass is 417 g/mol. The second-order valence-electron chi connectivity index (χ2n) is 6.34. The molecule has 1 amide bonds. The fourth-order valence-corrected chi connectivity index (χ4v) is 4.72. The molecule has 2 aromatic heterocycles. The topological polar surface area (TPSA) is 91.6 Å². The van der Waals surface area contributed by atoms with Crippen molar-refractivity contribution in [1.29, 1.82) is 0 Å². The number of furan rings is 1. The molecule has 1 aliphatic rings. The van der Waals surface area contributed by atoms with Crippen LogP contribution in [0, 0.1) is 0 Å². The number of carbonyl (C=O) groups is 1. The summed E-state index contributed by atoms with van der Waals surface area (Å²) in [5.41, 5.74) is 2.88. The van der Waals surface area contributed by atoms with Crippen LogP contribution in [0.1, 0.15) is 21.0 Å². The van der Waals surface area contributed by atoms with Gasteiger partial charge < -0.3 is 14.6 Å². The van der Waals surface area contributed by atoms with Crippen molar-refractivity contribution in [3.8, 4) is 0 Å². The zero-order valence-corrected chi connectivity index (χ0v) is 16.8. The molecule has 0 radical (unpaired) electrons. The number of amides is 1. The lowest BCUT2D eigenvalue weighted by atomic mass is 10.1. The number of hydrogen-bond donors (Lipinski definition) is 2. The van der Waals surface area contributed by atoms with Gasteiger partial charge in [-0.3, -0.25) is 4.79 Å². The van der Waals surface area contributed by atoms with Crippen LogP contribution in [0.3, 0.4) is 0 Å². The van der Waals surface area contributed by atoms with Crippen molar-refractivity contribution in [2.24, 2.45) is 0 Å². The molecule has 9 heteroatoms. The number of para-hydroxylation sites is 2. The fourth-order valence-electron chi connectivity index (χ4n) is 3.18. The van der Waals surface area contributed by atoms with Gasteiger partial charge in [0.25, 0.3) is 15.9 Å². The molecule has 7 nitrogen and oxygen atoms in total. The zero-order valence-electron chi connectivity index (χ0n) is 15.1. The molecule has 0 aliphatic carbocycles. The molecule has 3 heterocycles. The summed E-state index contributed by atoms with van der Waals surface area (Å²) in [7, 11) is -2.45. The molecule has 4 rings (SSSR count). The lowest BCUT2D eigenvalue weighted by molar-refractivity contribution is 0.0991. The number of rotatable bonds is 5. The van der Waals surface area contributed by atoms with Crippen LogP contribution in [-0.2, 0) is 23.0 Å². The summed E-state index contributed by atoms with van der Waals surface area (Å²) in [5, 5.41) is 4.65. The molecule has 0 spiro atoms. The third-order valence-electron chi connectivity index (χ3n) is 4.64. The van der Waals surface area contributed by atoms with Crippen LogP contribution < -0.4 is 14.9 Å². The third-order valence-corrected chi connectivity index (χ3v) is 6.95.